The molecule has 0 saturated carbocycles. The smallest absolute Gasteiger partial charge is 0.120 e. The number of benzene rings is 2. The van der Waals surface area contributed by atoms with Crippen LogP contribution < -0.4 is 4.74 Å². The maximum Gasteiger partial charge on any atom is 0.120 e. The van der Waals surface area contributed by atoms with Crippen LogP contribution in [0.1, 0.15) is 39.4 Å². The highest BCUT2D eigenvalue weighted by molar-refractivity contribution is 7.99. The van der Waals surface area contributed by atoms with Crippen molar-refractivity contribution in [3.63, 3.8) is 0 Å². The first-order valence-electron chi connectivity index (χ1n) is 7.47. The SMILES string of the molecule is COC(C)c1ccc(Sc2ccc(OC(C)(C)C)cc2)cc1. The van der Waals surface area contributed by atoms with Crippen molar-refractivity contribution < 1.29 is 9.47 Å². The van der Waals surface area contributed by atoms with Crippen LogP contribution in [-0.2, 0) is 4.74 Å². The summed E-state index contributed by atoms with van der Waals surface area (Å²) >= 11 is 1.75. The minimum absolute atomic E-state index is 0.132. The Hall–Kier alpha value is -1.45. The molecule has 0 aliphatic carbocycles. The number of hydrogen-bond acceptors (Lipinski definition) is 3. The number of rotatable bonds is 5. The zero-order valence-electron chi connectivity index (χ0n) is 13.9. The monoisotopic (exact) mass is 316 g/mol. The molecule has 2 aromatic carbocycles. The molecule has 0 aromatic heterocycles. The zero-order valence-corrected chi connectivity index (χ0v) is 14.7. The van der Waals surface area contributed by atoms with Crippen molar-refractivity contribution in [1.82, 2.24) is 0 Å². The quantitative estimate of drug-likeness (QED) is 0.702. The largest absolute Gasteiger partial charge is 0.488 e. The summed E-state index contributed by atoms with van der Waals surface area (Å²) in [7, 11) is 1.73. The Morgan fingerprint density at radius 1 is 0.864 bits per heavy atom. The van der Waals surface area contributed by atoms with E-state index >= 15 is 0 Å². The number of ether oxygens (including phenoxy) is 2. The molecule has 0 saturated heterocycles. The Labute approximate surface area is 137 Å². The Morgan fingerprint density at radius 2 is 1.36 bits per heavy atom. The van der Waals surface area contributed by atoms with Gasteiger partial charge in [-0.3, -0.25) is 0 Å². The van der Waals surface area contributed by atoms with Gasteiger partial charge in [-0.1, -0.05) is 23.9 Å². The molecule has 0 heterocycles. The predicted molar refractivity (Wildman–Crippen MR) is 92.8 cm³/mol. The predicted octanol–water partition coefficient (Wildman–Crippen LogP) is 5.72. The third-order valence-electron chi connectivity index (χ3n) is 3.19. The third kappa shape index (κ3) is 5.08. The minimum Gasteiger partial charge on any atom is -0.488 e. The Balaban J connectivity index is 2.01. The van der Waals surface area contributed by atoms with E-state index in [-0.39, 0.29) is 11.7 Å². The maximum absolute atomic E-state index is 5.84. The molecule has 22 heavy (non-hydrogen) atoms. The second-order valence-electron chi connectivity index (χ2n) is 6.23. The minimum atomic E-state index is -0.164. The molecule has 0 spiro atoms. The summed E-state index contributed by atoms with van der Waals surface area (Å²) in [5.74, 6) is 0.904. The van der Waals surface area contributed by atoms with Crippen molar-refractivity contribution in [2.45, 2.75) is 49.2 Å². The van der Waals surface area contributed by atoms with E-state index in [2.05, 4.69) is 64.1 Å². The first-order valence-corrected chi connectivity index (χ1v) is 8.29. The normalized spacial score (nSPS) is 13.0. The molecule has 2 rings (SSSR count). The topological polar surface area (TPSA) is 18.5 Å². The van der Waals surface area contributed by atoms with Gasteiger partial charge in [0, 0.05) is 16.9 Å². The molecule has 2 nitrogen and oxygen atoms in total. The molecule has 0 amide bonds. The van der Waals surface area contributed by atoms with E-state index in [4.69, 9.17) is 9.47 Å². The van der Waals surface area contributed by atoms with E-state index in [1.807, 2.05) is 12.1 Å². The Morgan fingerprint density at radius 3 is 1.82 bits per heavy atom. The first kappa shape index (κ1) is 16.9. The van der Waals surface area contributed by atoms with Crippen LogP contribution in [0.5, 0.6) is 5.75 Å². The van der Waals surface area contributed by atoms with Gasteiger partial charge in [-0.25, -0.2) is 0 Å². The first-order chi connectivity index (χ1) is 10.4. The molecule has 118 valence electrons. The Bertz CT molecular complexity index is 582. The van der Waals surface area contributed by atoms with Crippen molar-refractivity contribution in [3.8, 4) is 5.75 Å². The molecule has 2 aromatic rings. The van der Waals surface area contributed by atoms with Gasteiger partial charge in [0.2, 0.25) is 0 Å². The summed E-state index contributed by atoms with van der Waals surface area (Å²) in [6.07, 6.45) is 0.132. The highest BCUT2D eigenvalue weighted by atomic mass is 32.2. The lowest BCUT2D eigenvalue weighted by Crippen LogP contribution is -2.22. The van der Waals surface area contributed by atoms with Gasteiger partial charge < -0.3 is 9.47 Å². The average molecular weight is 316 g/mol. The van der Waals surface area contributed by atoms with Crippen molar-refractivity contribution in [1.29, 1.82) is 0 Å². The standard InChI is InChI=1S/C19H24O2S/c1-14(20-5)15-6-10-17(11-7-15)22-18-12-8-16(9-13-18)21-19(2,3)4/h6-14H,1-5H3. The van der Waals surface area contributed by atoms with E-state index in [0.717, 1.165) is 5.75 Å². The number of hydrogen-bond donors (Lipinski definition) is 0. The highest BCUT2D eigenvalue weighted by Gasteiger charge is 2.11. The van der Waals surface area contributed by atoms with Crippen LogP contribution in [0.15, 0.2) is 58.3 Å². The third-order valence-corrected chi connectivity index (χ3v) is 4.20. The van der Waals surface area contributed by atoms with Gasteiger partial charge in [-0.2, -0.15) is 0 Å². The van der Waals surface area contributed by atoms with E-state index in [0.29, 0.717) is 0 Å². The van der Waals surface area contributed by atoms with Gasteiger partial charge in [0.1, 0.15) is 11.4 Å². The van der Waals surface area contributed by atoms with Gasteiger partial charge in [-0.05, 0) is 69.7 Å². The molecule has 1 atom stereocenters. The molecular formula is C19H24O2S. The summed E-state index contributed by atoms with van der Waals surface area (Å²) in [6, 6.07) is 16.7. The molecule has 0 aliphatic heterocycles. The van der Waals surface area contributed by atoms with Crippen LogP contribution in [0.3, 0.4) is 0 Å². The molecule has 0 bridgehead atoms. The van der Waals surface area contributed by atoms with Gasteiger partial charge in [0.15, 0.2) is 0 Å². The fourth-order valence-corrected chi connectivity index (χ4v) is 2.82. The average Bonchev–Trinajstić information content (AvgIpc) is 2.48. The molecule has 0 N–H and O–H groups in total. The molecule has 3 heteroatoms. The van der Waals surface area contributed by atoms with E-state index in [1.54, 1.807) is 18.9 Å². The van der Waals surface area contributed by atoms with Crippen LogP contribution in [0, 0.1) is 0 Å². The maximum atomic E-state index is 5.84. The van der Waals surface area contributed by atoms with E-state index in [1.165, 1.54) is 15.4 Å². The van der Waals surface area contributed by atoms with Crippen LogP contribution in [0.4, 0.5) is 0 Å². The fraction of sp³-hybridized carbons (Fsp3) is 0.368. The zero-order chi connectivity index (χ0) is 16.2. The molecule has 0 fully saturated rings. The lowest BCUT2D eigenvalue weighted by atomic mass is 10.1. The van der Waals surface area contributed by atoms with Crippen LogP contribution in [-0.4, -0.2) is 12.7 Å². The van der Waals surface area contributed by atoms with Gasteiger partial charge in [-0.15, -0.1) is 0 Å². The van der Waals surface area contributed by atoms with E-state index < -0.39 is 0 Å². The highest BCUT2D eigenvalue weighted by Crippen LogP contribution is 2.30. The lowest BCUT2D eigenvalue weighted by molar-refractivity contribution is 0.119. The number of methoxy groups -OCH3 is 1. The summed E-state index contributed by atoms with van der Waals surface area (Å²) < 4.78 is 11.2. The fourth-order valence-electron chi connectivity index (χ4n) is 2.01. The molecule has 1 unspecified atom stereocenters. The molecular weight excluding hydrogens is 292 g/mol. The molecule has 0 aliphatic rings. The summed E-state index contributed by atoms with van der Waals surface area (Å²) in [5, 5.41) is 0. The second-order valence-corrected chi connectivity index (χ2v) is 7.38. The van der Waals surface area contributed by atoms with Crippen molar-refractivity contribution in [3.05, 3.63) is 54.1 Å². The van der Waals surface area contributed by atoms with Gasteiger partial charge in [0.05, 0.1) is 6.10 Å². The Kier molecular flexibility index (Phi) is 5.54. The van der Waals surface area contributed by atoms with Crippen LogP contribution in [0.25, 0.3) is 0 Å². The summed E-state index contributed by atoms with van der Waals surface area (Å²) in [5.41, 5.74) is 1.03. The summed E-state index contributed by atoms with van der Waals surface area (Å²) in [6.45, 7) is 8.21. The summed E-state index contributed by atoms with van der Waals surface area (Å²) in [4.78, 5) is 2.42. The van der Waals surface area contributed by atoms with Crippen molar-refractivity contribution in [2.24, 2.45) is 0 Å². The van der Waals surface area contributed by atoms with Crippen LogP contribution in [0.2, 0.25) is 0 Å². The molecule has 0 radical (unpaired) electrons. The van der Waals surface area contributed by atoms with Crippen molar-refractivity contribution in [2.75, 3.05) is 7.11 Å². The van der Waals surface area contributed by atoms with Gasteiger partial charge >= 0.3 is 0 Å². The lowest BCUT2D eigenvalue weighted by Gasteiger charge is -2.21. The van der Waals surface area contributed by atoms with Crippen LogP contribution >= 0.6 is 11.8 Å². The van der Waals surface area contributed by atoms with E-state index in [9.17, 15) is 0 Å². The van der Waals surface area contributed by atoms with Gasteiger partial charge in [0.25, 0.3) is 0 Å². The second kappa shape index (κ2) is 7.21. The van der Waals surface area contributed by atoms with Crippen molar-refractivity contribution >= 4 is 11.8 Å².